The molecule has 146 valence electrons. The van der Waals surface area contributed by atoms with Crippen LogP contribution < -0.4 is 0 Å². The van der Waals surface area contributed by atoms with Crippen molar-refractivity contribution < 1.29 is 4.79 Å². The van der Waals surface area contributed by atoms with Crippen molar-refractivity contribution in [3.8, 4) is 0 Å². The largest absolute Gasteiger partial charge is 0.333 e. The Morgan fingerprint density at radius 2 is 2.00 bits per heavy atom. The van der Waals surface area contributed by atoms with Crippen LogP contribution in [0, 0.1) is 0 Å². The highest BCUT2D eigenvalue weighted by Crippen LogP contribution is 2.35. The lowest BCUT2D eigenvalue weighted by atomic mass is 10.2. The van der Waals surface area contributed by atoms with Crippen molar-refractivity contribution in [2.24, 2.45) is 0 Å². The third-order valence-corrected chi connectivity index (χ3v) is 6.09. The molecule has 2 aromatic heterocycles. The van der Waals surface area contributed by atoms with Crippen molar-refractivity contribution in [3.63, 3.8) is 0 Å². The molecule has 4 rings (SSSR count). The zero-order valence-electron chi connectivity index (χ0n) is 16.5. The molecule has 28 heavy (non-hydrogen) atoms. The Balaban J connectivity index is 1.75. The Labute approximate surface area is 170 Å². The molecule has 0 atom stereocenters. The van der Waals surface area contributed by atoms with E-state index in [4.69, 9.17) is 4.98 Å². The Kier molecular flexibility index (Phi) is 5.67. The van der Waals surface area contributed by atoms with Crippen LogP contribution in [0.1, 0.15) is 54.7 Å². The molecule has 0 N–H and O–H groups in total. The van der Waals surface area contributed by atoms with E-state index in [1.165, 1.54) is 24.6 Å². The van der Waals surface area contributed by atoms with Crippen LogP contribution in [-0.2, 0) is 6.54 Å². The van der Waals surface area contributed by atoms with Crippen LogP contribution in [-0.4, -0.2) is 38.1 Å². The Morgan fingerprint density at radius 3 is 2.68 bits per heavy atom. The summed E-state index contributed by atoms with van der Waals surface area (Å²) in [4.78, 5) is 24.6. The number of hydrogen-bond acceptors (Lipinski definition) is 4. The molecule has 0 radical (unpaired) electrons. The number of fused-ring (bicyclic) bond motifs is 1. The van der Waals surface area contributed by atoms with Crippen LogP contribution in [0.25, 0.3) is 11.0 Å². The standard InChI is InChI=1S/C22H26N4OS/c1-3-25(15-16-9-5-4-6-10-16)21(27)19-13-17-14-23-22(28-2)24-20(17)26(19)18-11-7-8-12-18/h4-6,9-10,13-14,18H,3,7-8,11-12,15H2,1-2H3. The van der Waals surface area contributed by atoms with Crippen molar-refractivity contribution in [2.45, 2.75) is 50.4 Å². The van der Waals surface area contributed by atoms with Gasteiger partial charge in [-0.15, -0.1) is 0 Å². The summed E-state index contributed by atoms with van der Waals surface area (Å²) in [5.74, 6) is 0.0713. The van der Waals surface area contributed by atoms with Crippen LogP contribution in [0.3, 0.4) is 0 Å². The highest BCUT2D eigenvalue weighted by atomic mass is 32.2. The first-order chi connectivity index (χ1) is 13.7. The number of carbonyl (C=O) groups excluding carboxylic acids is 1. The van der Waals surface area contributed by atoms with Crippen molar-refractivity contribution in [1.29, 1.82) is 0 Å². The summed E-state index contributed by atoms with van der Waals surface area (Å²) in [6, 6.07) is 12.5. The minimum atomic E-state index is 0.0713. The van der Waals surface area contributed by atoms with Gasteiger partial charge in [0.1, 0.15) is 11.3 Å². The van der Waals surface area contributed by atoms with Gasteiger partial charge in [-0.3, -0.25) is 4.79 Å². The lowest BCUT2D eigenvalue weighted by Gasteiger charge is -2.24. The fraction of sp³-hybridized carbons (Fsp3) is 0.409. The predicted octanol–water partition coefficient (Wildman–Crippen LogP) is 4.93. The molecule has 1 saturated carbocycles. The Hall–Kier alpha value is -2.34. The van der Waals surface area contributed by atoms with E-state index < -0.39 is 0 Å². The zero-order chi connectivity index (χ0) is 19.5. The maximum absolute atomic E-state index is 13.5. The number of benzene rings is 1. The summed E-state index contributed by atoms with van der Waals surface area (Å²) in [6.07, 6.45) is 8.46. The number of aromatic nitrogens is 3. The lowest BCUT2D eigenvalue weighted by Crippen LogP contribution is -2.32. The van der Waals surface area contributed by atoms with Crippen LogP contribution in [0.15, 0.2) is 47.8 Å². The molecule has 1 aliphatic rings. The summed E-state index contributed by atoms with van der Waals surface area (Å²) in [5, 5.41) is 1.70. The van der Waals surface area contributed by atoms with E-state index in [1.54, 1.807) is 0 Å². The van der Waals surface area contributed by atoms with Crippen molar-refractivity contribution >= 4 is 28.7 Å². The van der Waals surface area contributed by atoms with E-state index in [1.807, 2.05) is 48.5 Å². The quantitative estimate of drug-likeness (QED) is 0.439. The second-order valence-electron chi connectivity index (χ2n) is 7.28. The molecular formula is C22H26N4OS. The fourth-order valence-corrected chi connectivity index (χ4v) is 4.42. The molecule has 2 heterocycles. The van der Waals surface area contributed by atoms with Gasteiger partial charge in [0.25, 0.3) is 5.91 Å². The molecule has 6 heteroatoms. The van der Waals surface area contributed by atoms with Crippen molar-refractivity contribution in [1.82, 2.24) is 19.4 Å². The van der Waals surface area contributed by atoms with Crippen molar-refractivity contribution in [3.05, 3.63) is 53.9 Å². The molecule has 1 aliphatic carbocycles. The van der Waals surface area contributed by atoms with Crippen LogP contribution in [0.2, 0.25) is 0 Å². The van der Waals surface area contributed by atoms with E-state index in [0.717, 1.165) is 40.3 Å². The van der Waals surface area contributed by atoms with E-state index in [0.29, 0.717) is 19.1 Å². The van der Waals surface area contributed by atoms with E-state index in [9.17, 15) is 4.79 Å². The highest BCUT2D eigenvalue weighted by Gasteiger charge is 2.27. The molecule has 0 spiro atoms. The minimum Gasteiger partial charge on any atom is -0.333 e. The highest BCUT2D eigenvalue weighted by molar-refractivity contribution is 7.98. The zero-order valence-corrected chi connectivity index (χ0v) is 17.3. The lowest BCUT2D eigenvalue weighted by molar-refractivity contribution is 0.0740. The fourth-order valence-electron chi connectivity index (χ4n) is 4.08. The van der Waals surface area contributed by atoms with Gasteiger partial charge in [-0.25, -0.2) is 9.97 Å². The number of nitrogens with zero attached hydrogens (tertiary/aromatic N) is 4. The third-order valence-electron chi connectivity index (χ3n) is 5.53. The second-order valence-corrected chi connectivity index (χ2v) is 8.05. The normalized spacial score (nSPS) is 14.6. The summed E-state index contributed by atoms with van der Waals surface area (Å²) in [5.41, 5.74) is 2.78. The van der Waals surface area contributed by atoms with Gasteiger partial charge in [-0.1, -0.05) is 54.9 Å². The van der Waals surface area contributed by atoms with E-state index in [-0.39, 0.29) is 5.91 Å². The summed E-state index contributed by atoms with van der Waals surface area (Å²) in [6.45, 7) is 3.32. The van der Waals surface area contributed by atoms with Gasteiger partial charge in [0.15, 0.2) is 5.16 Å². The summed E-state index contributed by atoms with van der Waals surface area (Å²) in [7, 11) is 0. The van der Waals surface area contributed by atoms with E-state index >= 15 is 0 Å². The third kappa shape index (κ3) is 3.65. The predicted molar refractivity (Wildman–Crippen MR) is 114 cm³/mol. The smallest absolute Gasteiger partial charge is 0.270 e. The van der Waals surface area contributed by atoms with Gasteiger partial charge >= 0.3 is 0 Å². The van der Waals surface area contributed by atoms with Crippen LogP contribution in [0.4, 0.5) is 0 Å². The van der Waals surface area contributed by atoms with Gasteiger partial charge in [0, 0.05) is 30.7 Å². The maximum atomic E-state index is 13.5. The molecular weight excluding hydrogens is 368 g/mol. The maximum Gasteiger partial charge on any atom is 0.270 e. The first-order valence-electron chi connectivity index (χ1n) is 9.96. The molecule has 3 aromatic rings. The number of carbonyl (C=O) groups is 1. The summed E-state index contributed by atoms with van der Waals surface area (Å²) < 4.78 is 2.19. The first kappa shape index (κ1) is 19.0. The minimum absolute atomic E-state index is 0.0713. The van der Waals surface area contributed by atoms with E-state index in [2.05, 4.69) is 21.7 Å². The first-order valence-corrected chi connectivity index (χ1v) is 11.2. The average molecular weight is 395 g/mol. The molecule has 0 bridgehead atoms. The van der Waals surface area contributed by atoms with Crippen LogP contribution >= 0.6 is 11.8 Å². The molecule has 1 amide bonds. The van der Waals surface area contributed by atoms with Crippen molar-refractivity contribution in [2.75, 3.05) is 12.8 Å². The number of rotatable bonds is 6. The number of hydrogen-bond donors (Lipinski definition) is 0. The molecule has 0 aliphatic heterocycles. The number of thioether (sulfide) groups is 1. The summed E-state index contributed by atoms with van der Waals surface area (Å²) >= 11 is 1.53. The Bertz CT molecular complexity index is 963. The second kappa shape index (κ2) is 8.35. The monoisotopic (exact) mass is 394 g/mol. The molecule has 1 fully saturated rings. The van der Waals surface area contributed by atoms with Crippen LogP contribution in [0.5, 0.6) is 0 Å². The topological polar surface area (TPSA) is 51.0 Å². The number of amides is 1. The molecule has 1 aromatic carbocycles. The Morgan fingerprint density at radius 1 is 1.25 bits per heavy atom. The molecule has 0 saturated heterocycles. The molecule has 5 nitrogen and oxygen atoms in total. The van der Waals surface area contributed by atoms with Gasteiger partial charge in [0.2, 0.25) is 0 Å². The molecule has 0 unspecified atom stereocenters. The average Bonchev–Trinajstić information content (AvgIpc) is 3.39. The van der Waals surface area contributed by atoms with Gasteiger partial charge in [0.05, 0.1) is 0 Å². The van der Waals surface area contributed by atoms with Gasteiger partial charge in [-0.2, -0.15) is 0 Å². The van der Waals surface area contributed by atoms with Gasteiger partial charge in [-0.05, 0) is 37.7 Å². The SMILES string of the molecule is CCN(Cc1ccccc1)C(=O)c1cc2cnc(SC)nc2n1C1CCCC1. The van der Waals surface area contributed by atoms with Gasteiger partial charge < -0.3 is 9.47 Å².